The fourth-order valence-electron chi connectivity index (χ4n) is 0.962. The first-order chi connectivity index (χ1) is 4.27. The molecular formula is C7H12S2. The molecule has 0 radical (unpaired) electrons. The van der Waals surface area contributed by atoms with Gasteiger partial charge < -0.3 is 0 Å². The molecule has 0 N–H and O–H groups in total. The first kappa shape index (κ1) is 7.55. The molecule has 52 valence electrons. The van der Waals surface area contributed by atoms with Crippen molar-refractivity contribution in [2.24, 2.45) is 0 Å². The zero-order chi connectivity index (χ0) is 6.74. The van der Waals surface area contributed by atoms with E-state index in [0.29, 0.717) is 4.75 Å². The molecule has 0 aromatic carbocycles. The van der Waals surface area contributed by atoms with Crippen molar-refractivity contribution in [1.29, 1.82) is 0 Å². The van der Waals surface area contributed by atoms with Gasteiger partial charge in [-0.05, 0) is 19.1 Å². The van der Waals surface area contributed by atoms with Crippen LogP contribution in [-0.4, -0.2) is 16.3 Å². The summed E-state index contributed by atoms with van der Waals surface area (Å²) < 4.78 is 0.405. The van der Waals surface area contributed by atoms with Crippen molar-refractivity contribution in [2.45, 2.75) is 18.1 Å². The molecule has 0 spiro atoms. The summed E-state index contributed by atoms with van der Waals surface area (Å²) in [4.78, 5) is 0. The summed E-state index contributed by atoms with van der Waals surface area (Å²) >= 11 is 6.21. The predicted octanol–water partition coefficient (Wildman–Crippen LogP) is 2.37. The van der Waals surface area contributed by atoms with Gasteiger partial charge in [-0.15, -0.1) is 11.8 Å². The van der Waals surface area contributed by atoms with Gasteiger partial charge in [0.2, 0.25) is 0 Å². The Hall–Kier alpha value is 0.440. The highest BCUT2D eigenvalue weighted by atomic mass is 32.2. The minimum absolute atomic E-state index is 0.405. The van der Waals surface area contributed by atoms with Crippen LogP contribution in [-0.2, 0) is 0 Å². The molecule has 0 aromatic rings. The van der Waals surface area contributed by atoms with Gasteiger partial charge in [-0.25, -0.2) is 0 Å². The van der Waals surface area contributed by atoms with E-state index in [1.807, 2.05) is 11.8 Å². The van der Waals surface area contributed by atoms with Crippen LogP contribution in [0.2, 0.25) is 0 Å². The summed E-state index contributed by atoms with van der Waals surface area (Å²) in [6, 6.07) is 0. The van der Waals surface area contributed by atoms with E-state index >= 15 is 0 Å². The highest BCUT2D eigenvalue weighted by molar-refractivity contribution is 8.01. The quantitative estimate of drug-likeness (QED) is 0.478. The number of rotatable bonds is 2. The van der Waals surface area contributed by atoms with E-state index in [1.165, 1.54) is 12.2 Å². The van der Waals surface area contributed by atoms with Gasteiger partial charge in [0.1, 0.15) is 0 Å². The Morgan fingerprint density at radius 2 is 2.56 bits per heavy atom. The molecule has 0 aliphatic carbocycles. The van der Waals surface area contributed by atoms with E-state index in [2.05, 4.69) is 31.7 Å². The molecule has 1 aliphatic rings. The Balaban J connectivity index is 2.42. The highest BCUT2D eigenvalue weighted by Gasteiger charge is 2.22. The van der Waals surface area contributed by atoms with Gasteiger partial charge in [0.25, 0.3) is 0 Å². The van der Waals surface area contributed by atoms with Crippen molar-refractivity contribution in [3.63, 3.8) is 0 Å². The Labute approximate surface area is 66.5 Å². The molecule has 1 aliphatic heterocycles. The van der Waals surface area contributed by atoms with Crippen molar-refractivity contribution >= 4 is 24.4 Å². The van der Waals surface area contributed by atoms with E-state index < -0.39 is 0 Å². The lowest BCUT2D eigenvalue weighted by Gasteiger charge is -2.18. The molecule has 1 rings (SSSR count). The van der Waals surface area contributed by atoms with Crippen molar-refractivity contribution in [2.75, 3.05) is 11.5 Å². The maximum Gasteiger partial charge on any atom is 0.0321 e. The number of thiol groups is 1. The van der Waals surface area contributed by atoms with Crippen LogP contribution in [0.1, 0.15) is 13.3 Å². The summed E-state index contributed by atoms with van der Waals surface area (Å²) in [7, 11) is 0. The summed E-state index contributed by atoms with van der Waals surface area (Å²) in [6.45, 7) is 2.28. The second-order valence-electron chi connectivity index (χ2n) is 2.50. The summed E-state index contributed by atoms with van der Waals surface area (Å²) in [6.07, 6.45) is 5.74. The van der Waals surface area contributed by atoms with Crippen LogP contribution in [0.15, 0.2) is 12.2 Å². The van der Waals surface area contributed by atoms with Crippen molar-refractivity contribution in [3.05, 3.63) is 12.2 Å². The average molecular weight is 160 g/mol. The van der Waals surface area contributed by atoms with Gasteiger partial charge in [0.05, 0.1) is 0 Å². The van der Waals surface area contributed by atoms with Crippen molar-refractivity contribution in [3.8, 4) is 0 Å². The van der Waals surface area contributed by atoms with Crippen LogP contribution in [0.3, 0.4) is 0 Å². The number of hydrogen-bond donors (Lipinski definition) is 1. The molecule has 1 unspecified atom stereocenters. The molecule has 1 atom stereocenters. The van der Waals surface area contributed by atoms with Gasteiger partial charge in [0, 0.05) is 10.5 Å². The topological polar surface area (TPSA) is 0 Å². The fourth-order valence-corrected chi connectivity index (χ4v) is 2.59. The van der Waals surface area contributed by atoms with Gasteiger partial charge in [-0.3, -0.25) is 0 Å². The first-order valence-corrected chi connectivity index (χ1v) is 4.81. The summed E-state index contributed by atoms with van der Waals surface area (Å²) in [5.41, 5.74) is 0. The molecule has 0 saturated heterocycles. The third-order valence-corrected chi connectivity index (χ3v) is 3.17. The molecule has 0 nitrogen and oxygen atoms in total. The van der Waals surface area contributed by atoms with Crippen molar-refractivity contribution in [1.82, 2.24) is 0 Å². The second kappa shape index (κ2) is 3.02. The van der Waals surface area contributed by atoms with E-state index in [1.54, 1.807) is 0 Å². The summed E-state index contributed by atoms with van der Waals surface area (Å²) in [5, 5.41) is 0. The number of hydrogen-bond acceptors (Lipinski definition) is 2. The Morgan fingerprint density at radius 3 is 3.00 bits per heavy atom. The van der Waals surface area contributed by atoms with Crippen LogP contribution in [0.5, 0.6) is 0 Å². The standard InChI is InChI=1S/C7H12S2/c1-7(4-5-8)3-2-6-9-7/h2-3,8H,4-6H2,1H3. The lowest BCUT2D eigenvalue weighted by atomic mass is 10.1. The average Bonchev–Trinajstić information content (AvgIpc) is 2.16. The predicted molar refractivity (Wildman–Crippen MR) is 48.5 cm³/mol. The van der Waals surface area contributed by atoms with E-state index in [0.717, 1.165) is 5.75 Å². The first-order valence-electron chi connectivity index (χ1n) is 3.19. The van der Waals surface area contributed by atoms with Crippen LogP contribution in [0.4, 0.5) is 0 Å². The molecule has 0 amide bonds. The number of thioether (sulfide) groups is 1. The van der Waals surface area contributed by atoms with Crippen LogP contribution in [0.25, 0.3) is 0 Å². The van der Waals surface area contributed by atoms with Gasteiger partial charge in [0.15, 0.2) is 0 Å². The summed E-state index contributed by atoms with van der Waals surface area (Å²) in [5.74, 6) is 2.18. The monoisotopic (exact) mass is 160 g/mol. The Morgan fingerprint density at radius 1 is 1.78 bits per heavy atom. The SMILES string of the molecule is CC1(CCS)C=CCS1. The highest BCUT2D eigenvalue weighted by Crippen LogP contribution is 2.35. The third kappa shape index (κ3) is 1.94. The molecule has 0 fully saturated rings. The molecular weight excluding hydrogens is 148 g/mol. The molecule has 0 bridgehead atoms. The molecule has 9 heavy (non-hydrogen) atoms. The van der Waals surface area contributed by atoms with Gasteiger partial charge in [-0.2, -0.15) is 12.6 Å². The maximum absolute atomic E-state index is 4.20. The smallest absolute Gasteiger partial charge is 0.0321 e. The largest absolute Gasteiger partial charge is 0.179 e. The second-order valence-corrected chi connectivity index (χ2v) is 4.50. The van der Waals surface area contributed by atoms with E-state index in [4.69, 9.17) is 0 Å². The zero-order valence-corrected chi connectivity index (χ0v) is 7.34. The van der Waals surface area contributed by atoms with Gasteiger partial charge >= 0.3 is 0 Å². The van der Waals surface area contributed by atoms with E-state index in [9.17, 15) is 0 Å². The Bertz CT molecular complexity index is 120. The van der Waals surface area contributed by atoms with E-state index in [-0.39, 0.29) is 0 Å². The van der Waals surface area contributed by atoms with Crippen LogP contribution >= 0.6 is 24.4 Å². The maximum atomic E-state index is 4.20. The minimum atomic E-state index is 0.405. The lowest BCUT2D eigenvalue weighted by molar-refractivity contribution is 0.773. The molecule has 2 heteroatoms. The fraction of sp³-hybridized carbons (Fsp3) is 0.714. The van der Waals surface area contributed by atoms with Gasteiger partial charge in [-0.1, -0.05) is 12.2 Å². The van der Waals surface area contributed by atoms with Crippen molar-refractivity contribution < 1.29 is 0 Å². The normalized spacial score (nSPS) is 33.6. The third-order valence-electron chi connectivity index (χ3n) is 1.59. The zero-order valence-electron chi connectivity index (χ0n) is 5.63. The molecule has 0 saturated carbocycles. The molecule has 1 heterocycles. The molecule has 0 aromatic heterocycles. The minimum Gasteiger partial charge on any atom is -0.179 e. The van der Waals surface area contributed by atoms with Crippen LogP contribution < -0.4 is 0 Å². The van der Waals surface area contributed by atoms with Crippen LogP contribution in [0, 0.1) is 0 Å². The lowest BCUT2D eigenvalue weighted by Crippen LogP contribution is -2.13. The Kier molecular flexibility index (Phi) is 2.53.